The van der Waals surface area contributed by atoms with E-state index >= 15 is 0 Å². The fourth-order valence-corrected chi connectivity index (χ4v) is 2.82. The molecular formula is C6H16N4S3+2. The van der Waals surface area contributed by atoms with Crippen LogP contribution in [0, 0.1) is 0 Å². The van der Waals surface area contributed by atoms with Gasteiger partial charge in [0.1, 0.15) is 0 Å². The van der Waals surface area contributed by atoms with Gasteiger partial charge in [-0.3, -0.25) is 22.3 Å². The SMILES string of the molecule is NC(=[NH2+])SCCSCCSC(N)=[NH2+]. The van der Waals surface area contributed by atoms with Gasteiger partial charge in [-0.25, -0.2) is 0 Å². The Bertz CT molecular complexity index is 155. The quantitative estimate of drug-likeness (QED) is 0.230. The molecule has 0 rings (SSSR count). The Morgan fingerprint density at radius 1 is 0.846 bits per heavy atom. The van der Waals surface area contributed by atoms with Crippen LogP contribution in [-0.2, 0) is 0 Å². The third kappa shape index (κ3) is 12.0. The maximum atomic E-state index is 5.28. The van der Waals surface area contributed by atoms with Gasteiger partial charge >= 0.3 is 0 Å². The molecule has 0 unspecified atom stereocenters. The molecule has 8 N–H and O–H groups in total. The van der Waals surface area contributed by atoms with Gasteiger partial charge in [-0.1, -0.05) is 0 Å². The molecule has 0 aliphatic heterocycles. The summed E-state index contributed by atoms with van der Waals surface area (Å²) in [5.41, 5.74) is 10.6. The van der Waals surface area contributed by atoms with Gasteiger partial charge in [0.05, 0.1) is 0 Å². The van der Waals surface area contributed by atoms with Crippen LogP contribution in [0.2, 0.25) is 0 Å². The summed E-state index contributed by atoms with van der Waals surface area (Å²) in [4.78, 5) is 0. The van der Waals surface area contributed by atoms with Crippen LogP contribution in [0.3, 0.4) is 0 Å². The highest BCUT2D eigenvalue weighted by molar-refractivity contribution is 8.15. The molecule has 7 heteroatoms. The highest BCUT2D eigenvalue weighted by atomic mass is 32.2. The third-order valence-corrected chi connectivity index (χ3v) is 3.98. The highest BCUT2D eigenvalue weighted by Crippen LogP contribution is 2.08. The Morgan fingerprint density at radius 2 is 1.23 bits per heavy atom. The molecule has 0 bridgehead atoms. The molecule has 0 heterocycles. The predicted octanol–water partition coefficient (Wildman–Crippen LogP) is -2.67. The van der Waals surface area contributed by atoms with Crippen molar-refractivity contribution < 1.29 is 10.8 Å². The zero-order chi connectivity index (χ0) is 10.1. The molecular weight excluding hydrogens is 224 g/mol. The second kappa shape index (κ2) is 8.58. The minimum atomic E-state index is 0.439. The van der Waals surface area contributed by atoms with Crippen molar-refractivity contribution >= 4 is 45.6 Å². The van der Waals surface area contributed by atoms with E-state index in [9.17, 15) is 0 Å². The van der Waals surface area contributed by atoms with E-state index in [1.54, 1.807) is 0 Å². The topological polar surface area (TPSA) is 103 Å². The summed E-state index contributed by atoms with van der Waals surface area (Å²) >= 11 is 4.82. The second-order valence-electron chi connectivity index (χ2n) is 2.11. The number of amidine groups is 2. The van der Waals surface area contributed by atoms with Gasteiger partial charge in [-0.2, -0.15) is 11.8 Å². The van der Waals surface area contributed by atoms with Crippen LogP contribution in [0.1, 0.15) is 0 Å². The van der Waals surface area contributed by atoms with Gasteiger partial charge in [0.2, 0.25) is 0 Å². The lowest BCUT2D eigenvalue weighted by molar-refractivity contribution is -0.110. The van der Waals surface area contributed by atoms with Crippen molar-refractivity contribution in [2.45, 2.75) is 0 Å². The van der Waals surface area contributed by atoms with Crippen molar-refractivity contribution in [2.24, 2.45) is 11.5 Å². The van der Waals surface area contributed by atoms with Crippen molar-refractivity contribution in [1.82, 2.24) is 0 Å². The van der Waals surface area contributed by atoms with Crippen LogP contribution in [-0.4, -0.2) is 33.3 Å². The molecule has 0 fully saturated rings. The first kappa shape index (κ1) is 13.0. The maximum absolute atomic E-state index is 5.28. The van der Waals surface area contributed by atoms with E-state index in [0.29, 0.717) is 10.3 Å². The fourth-order valence-electron chi connectivity index (χ4n) is 0.539. The number of nitrogens with two attached hydrogens (primary N) is 4. The van der Waals surface area contributed by atoms with E-state index in [1.165, 1.54) is 23.5 Å². The molecule has 0 aliphatic rings. The van der Waals surface area contributed by atoms with Crippen LogP contribution in [0.4, 0.5) is 0 Å². The molecule has 0 saturated carbocycles. The minimum absolute atomic E-state index is 0.439. The monoisotopic (exact) mass is 240 g/mol. The standard InChI is InChI=1S/C6H14N4S3/c7-5(8)12-3-1-11-2-4-13-6(9)10/h1-4H2,(H3,7,8)(H3,9,10)/p+2. The van der Waals surface area contributed by atoms with Gasteiger partial charge in [0, 0.05) is 23.0 Å². The Balaban J connectivity index is 3.00. The fraction of sp³-hybridized carbons (Fsp3) is 0.667. The predicted molar refractivity (Wildman–Crippen MR) is 64.5 cm³/mol. The largest absolute Gasteiger partial charge is 0.299 e. The summed E-state index contributed by atoms with van der Waals surface area (Å²) < 4.78 is 0. The Labute approximate surface area is 91.0 Å². The van der Waals surface area contributed by atoms with E-state index in [-0.39, 0.29) is 0 Å². The third-order valence-electron chi connectivity index (χ3n) is 0.993. The smallest absolute Gasteiger partial charge is 0.282 e. The highest BCUT2D eigenvalue weighted by Gasteiger charge is 1.98. The Hall–Kier alpha value is -0.0100. The van der Waals surface area contributed by atoms with Gasteiger partial charge in [0.15, 0.2) is 0 Å². The van der Waals surface area contributed by atoms with E-state index in [0.717, 1.165) is 23.0 Å². The summed E-state index contributed by atoms with van der Waals surface area (Å²) in [7, 11) is 0. The van der Waals surface area contributed by atoms with Crippen LogP contribution in [0.5, 0.6) is 0 Å². The van der Waals surface area contributed by atoms with Gasteiger partial charge < -0.3 is 0 Å². The first-order valence-corrected chi connectivity index (χ1v) is 6.84. The summed E-state index contributed by atoms with van der Waals surface area (Å²) in [5, 5.41) is 11.4. The maximum Gasteiger partial charge on any atom is 0.299 e. The van der Waals surface area contributed by atoms with E-state index in [1.807, 2.05) is 11.8 Å². The van der Waals surface area contributed by atoms with Gasteiger partial charge in [-0.05, 0) is 23.5 Å². The molecule has 0 aromatic heterocycles. The summed E-state index contributed by atoms with van der Waals surface area (Å²) in [6.07, 6.45) is 0. The molecule has 0 spiro atoms. The van der Waals surface area contributed by atoms with Gasteiger partial charge in [-0.15, -0.1) is 0 Å². The lowest BCUT2D eigenvalue weighted by Crippen LogP contribution is -2.43. The van der Waals surface area contributed by atoms with E-state index in [4.69, 9.17) is 22.3 Å². The van der Waals surface area contributed by atoms with Crippen LogP contribution < -0.4 is 22.3 Å². The molecule has 13 heavy (non-hydrogen) atoms. The van der Waals surface area contributed by atoms with Crippen molar-refractivity contribution in [1.29, 1.82) is 0 Å². The molecule has 0 saturated heterocycles. The zero-order valence-electron chi connectivity index (χ0n) is 7.36. The normalized spacial score (nSPS) is 9.85. The van der Waals surface area contributed by atoms with Crippen molar-refractivity contribution in [3.63, 3.8) is 0 Å². The van der Waals surface area contributed by atoms with Crippen molar-refractivity contribution in [3.05, 3.63) is 0 Å². The van der Waals surface area contributed by atoms with Crippen LogP contribution in [0.15, 0.2) is 0 Å². The first-order valence-electron chi connectivity index (χ1n) is 3.72. The number of rotatable bonds is 6. The number of hydrogen-bond acceptors (Lipinski definition) is 3. The van der Waals surface area contributed by atoms with Crippen LogP contribution >= 0.6 is 35.3 Å². The van der Waals surface area contributed by atoms with Crippen molar-refractivity contribution in [2.75, 3.05) is 23.0 Å². The minimum Gasteiger partial charge on any atom is -0.282 e. The molecule has 0 aromatic carbocycles. The van der Waals surface area contributed by atoms with Crippen LogP contribution in [0.25, 0.3) is 0 Å². The summed E-state index contributed by atoms with van der Waals surface area (Å²) in [5.74, 6) is 4.01. The van der Waals surface area contributed by atoms with E-state index < -0.39 is 0 Å². The lowest BCUT2D eigenvalue weighted by atomic mass is 10.9. The second-order valence-corrected chi connectivity index (χ2v) is 5.68. The lowest BCUT2D eigenvalue weighted by Gasteiger charge is -1.97. The molecule has 0 aromatic rings. The number of thioether (sulfide) groups is 3. The summed E-state index contributed by atoms with van der Waals surface area (Å²) in [6.45, 7) is 0. The molecule has 0 amide bonds. The number of hydrogen-bond donors (Lipinski definition) is 4. The average Bonchev–Trinajstić information content (AvgIpc) is 2.01. The molecule has 0 aliphatic carbocycles. The zero-order valence-corrected chi connectivity index (χ0v) is 9.81. The molecule has 0 radical (unpaired) electrons. The molecule has 4 nitrogen and oxygen atoms in total. The first-order chi connectivity index (χ1) is 6.13. The van der Waals surface area contributed by atoms with Gasteiger partial charge in [0.25, 0.3) is 10.3 Å². The summed E-state index contributed by atoms with van der Waals surface area (Å²) in [6, 6.07) is 0. The average molecular weight is 240 g/mol. The Morgan fingerprint density at radius 3 is 1.54 bits per heavy atom. The molecule has 0 atom stereocenters. The van der Waals surface area contributed by atoms with Crippen molar-refractivity contribution in [3.8, 4) is 0 Å². The molecule has 76 valence electrons. The Kier molecular flexibility index (Phi) is 8.58. The van der Waals surface area contributed by atoms with E-state index in [2.05, 4.69) is 0 Å².